The van der Waals surface area contributed by atoms with Crippen LogP contribution in [0.1, 0.15) is 16.0 Å². The van der Waals surface area contributed by atoms with Gasteiger partial charge < -0.3 is 10.6 Å². The lowest BCUT2D eigenvalue weighted by molar-refractivity contribution is 0.765. The Morgan fingerprint density at radius 2 is 2.21 bits per heavy atom. The normalized spacial score (nSPS) is 11.6. The molecule has 0 saturated heterocycles. The lowest BCUT2D eigenvalue weighted by Crippen LogP contribution is -2.36. The molecule has 2 N–H and O–H groups in total. The van der Waals surface area contributed by atoms with Gasteiger partial charge in [0.15, 0.2) is 5.96 Å². The Bertz CT molecular complexity index is 555. The zero-order valence-electron chi connectivity index (χ0n) is 11.5. The van der Waals surface area contributed by atoms with Crippen molar-refractivity contribution in [2.45, 2.75) is 20.0 Å². The molecular weight excluding hydrogens is 258 g/mol. The van der Waals surface area contributed by atoms with Crippen molar-refractivity contribution < 1.29 is 0 Å². The fourth-order valence-corrected chi connectivity index (χ4v) is 2.56. The number of guanidine groups is 1. The molecule has 0 radical (unpaired) electrons. The highest BCUT2D eigenvalue weighted by Crippen LogP contribution is 2.14. The molecule has 2 rings (SSSR count). The predicted octanol–water partition coefficient (Wildman–Crippen LogP) is 1.66. The summed E-state index contributed by atoms with van der Waals surface area (Å²) in [7, 11) is 3.69. The summed E-state index contributed by atoms with van der Waals surface area (Å²) >= 11 is 1.76. The second-order valence-corrected chi connectivity index (χ2v) is 5.33. The van der Waals surface area contributed by atoms with Crippen LogP contribution in [0.2, 0.25) is 0 Å². The molecule has 0 aliphatic rings. The topological polar surface area (TPSA) is 54.2 Å². The quantitative estimate of drug-likeness (QED) is 0.660. The van der Waals surface area contributed by atoms with Gasteiger partial charge in [0.05, 0.1) is 12.7 Å². The zero-order valence-corrected chi connectivity index (χ0v) is 12.3. The van der Waals surface area contributed by atoms with Crippen LogP contribution in [0, 0.1) is 6.92 Å². The number of nitrogens with one attached hydrogen (secondary N) is 2. The van der Waals surface area contributed by atoms with Crippen molar-refractivity contribution in [3.63, 3.8) is 0 Å². The van der Waals surface area contributed by atoms with E-state index in [1.54, 1.807) is 23.1 Å². The minimum absolute atomic E-state index is 0.719. The fourth-order valence-electron chi connectivity index (χ4n) is 1.72. The summed E-state index contributed by atoms with van der Waals surface area (Å²) in [5.41, 5.74) is 2.46. The predicted molar refractivity (Wildman–Crippen MR) is 79.3 cm³/mol. The van der Waals surface area contributed by atoms with E-state index in [9.17, 15) is 0 Å². The maximum absolute atomic E-state index is 4.21. The van der Waals surface area contributed by atoms with Crippen LogP contribution in [-0.4, -0.2) is 22.8 Å². The Labute approximate surface area is 117 Å². The molecule has 2 aromatic heterocycles. The number of rotatable bonds is 4. The van der Waals surface area contributed by atoms with Gasteiger partial charge in [-0.2, -0.15) is 5.10 Å². The third kappa shape index (κ3) is 3.82. The highest BCUT2D eigenvalue weighted by molar-refractivity contribution is 7.10. The van der Waals surface area contributed by atoms with Crippen LogP contribution in [0.3, 0.4) is 0 Å². The van der Waals surface area contributed by atoms with E-state index >= 15 is 0 Å². The third-order valence-electron chi connectivity index (χ3n) is 2.83. The maximum Gasteiger partial charge on any atom is 0.191 e. The molecular formula is C13H19N5S. The van der Waals surface area contributed by atoms with Crippen molar-refractivity contribution in [3.05, 3.63) is 39.8 Å². The third-order valence-corrected chi connectivity index (χ3v) is 3.85. The number of hydrogen-bond acceptors (Lipinski definition) is 3. The molecule has 0 saturated carbocycles. The number of aromatic nitrogens is 2. The van der Waals surface area contributed by atoms with Gasteiger partial charge in [-0.15, -0.1) is 11.3 Å². The first-order valence-electron chi connectivity index (χ1n) is 6.14. The molecule has 0 spiro atoms. The van der Waals surface area contributed by atoms with Gasteiger partial charge in [0.1, 0.15) is 0 Å². The van der Waals surface area contributed by atoms with E-state index in [0.29, 0.717) is 0 Å². The average molecular weight is 277 g/mol. The van der Waals surface area contributed by atoms with Crippen molar-refractivity contribution >= 4 is 17.3 Å². The summed E-state index contributed by atoms with van der Waals surface area (Å²) < 4.78 is 1.79. The molecule has 5 nitrogen and oxygen atoms in total. The molecule has 0 aliphatic heterocycles. The van der Waals surface area contributed by atoms with Crippen LogP contribution in [0.25, 0.3) is 0 Å². The summed E-state index contributed by atoms with van der Waals surface area (Å²) in [6.07, 6.45) is 3.84. The SMILES string of the molecule is CN=C(NCc1cnn(C)c1)NCc1sccc1C. The van der Waals surface area contributed by atoms with Crippen molar-refractivity contribution in [1.29, 1.82) is 0 Å². The summed E-state index contributed by atoms with van der Waals surface area (Å²) in [4.78, 5) is 5.55. The van der Waals surface area contributed by atoms with Crippen LogP contribution in [0.5, 0.6) is 0 Å². The molecule has 0 amide bonds. The lowest BCUT2D eigenvalue weighted by atomic mass is 10.3. The Morgan fingerprint density at radius 3 is 2.79 bits per heavy atom. The number of thiophene rings is 1. The standard InChI is InChI=1S/C13H19N5S/c1-10-4-5-19-12(10)8-16-13(14-2)15-6-11-7-17-18(3)9-11/h4-5,7,9H,6,8H2,1-3H3,(H2,14,15,16). The second kappa shape index (κ2) is 6.38. The molecule has 0 fully saturated rings. The van der Waals surface area contributed by atoms with Crippen molar-refractivity contribution in [2.24, 2.45) is 12.0 Å². The molecule has 0 unspecified atom stereocenters. The largest absolute Gasteiger partial charge is 0.352 e. The van der Waals surface area contributed by atoms with E-state index in [4.69, 9.17) is 0 Å². The molecule has 2 heterocycles. The molecule has 102 valence electrons. The minimum atomic E-state index is 0.719. The van der Waals surface area contributed by atoms with Gasteiger partial charge in [0.2, 0.25) is 0 Å². The zero-order chi connectivity index (χ0) is 13.7. The summed E-state index contributed by atoms with van der Waals surface area (Å²) in [5, 5.41) is 12.8. The maximum atomic E-state index is 4.21. The van der Waals surface area contributed by atoms with E-state index in [2.05, 4.69) is 39.1 Å². The van der Waals surface area contributed by atoms with E-state index in [-0.39, 0.29) is 0 Å². The second-order valence-electron chi connectivity index (χ2n) is 4.33. The molecule has 19 heavy (non-hydrogen) atoms. The van der Waals surface area contributed by atoms with Gasteiger partial charge in [-0.05, 0) is 23.9 Å². The molecule has 2 aromatic rings. The monoisotopic (exact) mass is 277 g/mol. The van der Waals surface area contributed by atoms with E-state index < -0.39 is 0 Å². The lowest BCUT2D eigenvalue weighted by Gasteiger charge is -2.10. The number of hydrogen-bond donors (Lipinski definition) is 2. The minimum Gasteiger partial charge on any atom is -0.352 e. The Hall–Kier alpha value is -1.82. The Kier molecular flexibility index (Phi) is 4.57. The first-order chi connectivity index (χ1) is 9.19. The van der Waals surface area contributed by atoms with E-state index in [1.165, 1.54) is 10.4 Å². The van der Waals surface area contributed by atoms with Gasteiger partial charge >= 0.3 is 0 Å². The van der Waals surface area contributed by atoms with Crippen molar-refractivity contribution in [1.82, 2.24) is 20.4 Å². The van der Waals surface area contributed by atoms with Crippen molar-refractivity contribution in [3.8, 4) is 0 Å². The Morgan fingerprint density at radius 1 is 1.42 bits per heavy atom. The summed E-state index contributed by atoms with van der Waals surface area (Å²) in [5.74, 6) is 0.802. The fraction of sp³-hybridized carbons (Fsp3) is 0.385. The van der Waals surface area contributed by atoms with Gasteiger partial charge in [-0.1, -0.05) is 0 Å². The molecule has 0 aromatic carbocycles. The average Bonchev–Trinajstić information content (AvgIpc) is 2.99. The van der Waals surface area contributed by atoms with Crippen LogP contribution >= 0.6 is 11.3 Å². The van der Waals surface area contributed by atoms with Crippen LogP contribution in [0.15, 0.2) is 28.8 Å². The van der Waals surface area contributed by atoms with E-state index in [0.717, 1.165) is 24.6 Å². The number of nitrogens with zero attached hydrogens (tertiary/aromatic N) is 3. The Balaban J connectivity index is 1.82. The molecule has 0 atom stereocenters. The smallest absolute Gasteiger partial charge is 0.191 e. The summed E-state index contributed by atoms with van der Waals surface area (Å²) in [6, 6.07) is 2.13. The van der Waals surface area contributed by atoms with Crippen LogP contribution in [-0.2, 0) is 20.1 Å². The van der Waals surface area contributed by atoms with Crippen LogP contribution in [0.4, 0.5) is 0 Å². The summed E-state index contributed by atoms with van der Waals surface area (Å²) in [6.45, 7) is 3.65. The van der Waals surface area contributed by atoms with Gasteiger partial charge in [0, 0.05) is 37.3 Å². The number of aliphatic imine (C=N–C) groups is 1. The first kappa shape index (κ1) is 13.6. The van der Waals surface area contributed by atoms with Gasteiger partial charge in [0.25, 0.3) is 0 Å². The van der Waals surface area contributed by atoms with Gasteiger partial charge in [-0.3, -0.25) is 9.67 Å². The molecule has 0 bridgehead atoms. The first-order valence-corrected chi connectivity index (χ1v) is 7.02. The van der Waals surface area contributed by atoms with Gasteiger partial charge in [-0.25, -0.2) is 0 Å². The van der Waals surface area contributed by atoms with Crippen molar-refractivity contribution in [2.75, 3.05) is 7.05 Å². The highest BCUT2D eigenvalue weighted by Gasteiger charge is 2.02. The molecule has 0 aliphatic carbocycles. The van der Waals surface area contributed by atoms with E-state index in [1.807, 2.05) is 19.4 Å². The highest BCUT2D eigenvalue weighted by atomic mass is 32.1. The molecule has 6 heteroatoms. The van der Waals surface area contributed by atoms with Crippen LogP contribution < -0.4 is 10.6 Å². The number of aryl methyl sites for hydroxylation is 2.